The number of ether oxygens (including phenoxy) is 1. The van der Waals surface area contributed by atoms with Crippen molar-refractivity contribution >= 4 is 23.2 Å². The smallest absolute Gasteiger partial charge is 0.255 e. The van der Waals surface area contributed by atoms with Crippen molar-refractivity contribution in [2.24, 2.45) is 5.73 Å². The lowest BCUT2D eigenvalue weighted by atomic mass is 10.1. The van der Waals surface area contributed by atoms with E-state index in [2.05, 4.69) is 10.2 Å². The molecule has 2 amide bonds. The zero-order chi connectivity index (χ0) is 16.9. The lowest BCUT2D eigenvalue weighted by Gasteiger charge is -2.30. The van der Waals surface area contributed by atoms with E-state index in [1.165, 1.54) is 6.07 Å². The number of morpholine rings is 1. The first-order valence-electron chi connectivity index (χ1n) is 7.78. The van der Waals surface area contributed by atoms with Crippen LogP contribution in [0.3, 0.4) is 0 Å². The molecule has 0 atom stereocenters. The largest absolute Gasteiger partial charge is 0.378 e. The molecule has 0 bridgehead atoms. The molecule has 0 spiro atoms. The topological polar surface area (TPSA) is 84.7 Å². The van der Waals surface area contributed by atoms with Crippen LogP contribution in [0.4, 0.5) is 11.4 Å². The minimum absolute atomic E-state index is 0.279. The van der Waals surface area contributed by atoms with Crippen LogP contribution in [0.25, 0.3) is 0 Å². The number of nitrogens with one attached hydrogen (secondary N) is 1. The quantitative estimate of drug-likeness (QED) is 0.899. The lowest BCUT2D eigenvalue weighted by Crippen LogP contribution is -2.36. The zero-order valence-corrected chi connectivity index (χ0v) is 13.2. The van der Waals surface area contributed by atoms with Crippen LogP contribution in [0.5, 0.6) is 0 Å². The summed E-state index contributed by atoms with van der Waals surface area (Å²) < 4.78 is 5.37. The molecule has 0 aliphatic carbocycles. The van der Waals surface area contributed by atoms with Gasteiger partial charge in [0.2, 0.25) is 5.91 Å². The monoisotopic (exact) mass is 325 g/mol. The maximum Gasteiger partial charge on any atom is 0.255 e. The highest BCUT2D eigenvalue weighted by Crippen LogP contribution is 2.26. The molecule has 3 rings (SSSR count). The first-order chi connectivity index (χ1) is 11.6. The third kappa shape index (κ3) is 3.55. The van der Waals surface area contributed by atoms with Crippen LogP contribution in [0.2, 0.25) is 0 Å². The molecule has 1 saturated heterocycles. The molecule has 3 N–H and O–H groups in total. The number of anilines is 2. The van der Waals surface area contributed by atoms with Crippen LogP contribution in [0, 0.1) is 0 Å². The zero-order valence-electron chi connectivity index (χ0n) is 13.2. The second-order valence-corrected chi connectivity index (χ2v) is 5.52. The van der Waals surface area contributed by atoms with Crippen molar-refractivity contribution in [1.29, 1.82) is 0 Å². The summed E-state index contributed by atoms with van der Waals surface area (Å²) in [6.45, 7) is 2.90. The molecular formula is C18H19N3O3. The van der Waals surface area contributed by atoms with E-state index < -0.39 is 5.91 Å². The number of benzene rings is 2. The molecule has 0 radical (unpaired) electrons. The van der Waals surface area contributed by atoms with Gasteiger partial charge in [-0.3, -0.25) is 9.59 Å². The number of nitrogens with two attached hydrogens (primary N) is 1. The molecule has 2 aromatic rings. The number of nitrogens with zero attached hydrogens (tertiary/aromatic N) is 1. The van der Waals surface area contributed by atoms with Crippen molar-refractivity contribution in [3.05, 3.63) is 59.7 Å². The maximum absolute atomic E-state index is 12.5. The van der Waals surface area contributed by atoms with Gasteiger partial charge in [0.25, 0.3) is 5.91 Å². The van der Waals surface area contributed by atoms with Crippen molar-refractivity contribution in [2.75, 3.05) is 36.5 Å². The van der Waals surface area contributed by atoms with Crippen molar-refractivity contribution in [2.45, 2.75) is 0 Å². The highest BCUT2D eigenvalue weighted by Gasteiger charge is 2.16. The van der Waals surface area contributed by atoms with Crippen molar-refractivity contribution in [3.8, 4) is 0 Å². The molecule has 0 saturated carbocycles. The molecule has 24 heavy (non-hydrogen) atoms. The van der Waals surface area contributed by atoms with Crippen molar-refractivity contribution in [1.82, 2.24) is 0 Å². The SMILES string of the molecule is NC(=O)c1cccc(C(=O)Nc2ccccc2N2CCOCC2)c1. The van der Waals surface area contributed by atoms with Gasteiger partial charge in [-0.2, -0.15) is 0 Å². The van der Waals surface area contributed by atoms with Crippen LogP contribution < -0.4 is 16.0 Å². The van der Waals surface area contributed by atoms with Crippen LogP contribution in [-0.4, -0.2) is 38.1 Å². The van der Waals surface area contributed by atoms with E-state index in [0.717, 1.165) is 24.5 Å². The van der Waals surface area contributed by atoms with Crippen molar-refractivity contribution in [3.63, 3.8) is 0 Å². The fourth-order valence-electron chi connectivity index (χ4n) is 2.67. The summed E-state index contributed by atoms with van der Waals surface area (Å²) >= 11 is 0. The molecular weight excluding hydrogens is 306 g/mol. The van der Waals surface area contributed by atoms with E-state index in [9.17, 15) is 9.59 Å². The minimum Gasteiger partial charge on any atom is -0.378 e. The molecule has 6 heteroatoms. The standard InChI is InChI=1S/C18H19N3O3/c19-17(22)13-4-3-5-14(12-13)18(23)20-15-6-1-2-7-16(15)21-8-10-24-11-9-21/h1-7,12H,8-11H2,(H2,19,22)(H,20,23). The third-order valence-electron chi connectivity index (χ3n) is 3.91. The fraction of sp³-hybridized carbons (Fsp3) is 0.222. The van der Waals surface area contributed by atoms with Gasteiger partial charge in [-0.25, -0.2) is 0 Å². The van der Waals surface area contributed by atoms with Crippen LogP contribution >= 0.6 is 0 Å². The minimum atomic E-state index is -0.557. The second kappa shape index (κ2) is 7.14. The molecule has 1 aliphatic rings. The summed E-state index contributed by atoms with van der Waals surface area (Å²) in [5.41, 5.74) is 7.66. The van der Waals surface area contributed by atoms with Gasteiger partial charge >= 0.3 is 0 Å². The van der Waals surface area contributed by atoms with Gasteiger partial charge < -0.3 is 20.7 Å². The summed E-state index contributed by atoms with van der Waals surface area (Å²) in [6, 6.07) is 14.0. The van der Waals surface area contributed by atoms with E-state index in [-0.39, 0.29) is 5.91 Å². The Hall–Kier alpha value is -2.86. The summed E-state index contributed by atoms with van der Waals surface area (Å²) in [7, 11) is 0. The number of carbonyl (C=O) groups excluding carboxylic acids is 2. The number of amides is 2. The summed E-state index contributed by atoms with van der Waals surface area (Å²) in [4.78, 5) is 26.0. The predicted octanol–water partition coefficient (Wildman–Crippen LogP) is 1.87. The van der Waals surface area contributed by atoms with Crippen LogP contribution in [-0.2, 0) is 4.74 Å². The Bertz CT molecular complexity index is 755. The van der Waals surface area contributed by atoms with Gasteiger partial charge in [0.15, 0.2) is 0 Å². The normalized spacial score (nSPS) is 14.2. The van der Waals surface area contributed by atoms with E-state index in [4.69, 9.17) is 10.5 Å². The van der Waals surface area contributed by atoms with E-state index in [1.54, 1.807) is 18.2 Å². The molecule has 6 nitrogen and oxygen atoms in total. The maximum atomic E-state index is 12.5. The summed E-state index contributed by atoms with van der Waals surface area (Å²) in [6.07, 6.45) is 0. The van der Waals surface area contributed by atoms with Gasteiger partial charge in [-0.15, -0.1) is 0 Å². The molecule has 124 valence electrons. The Morgan fingerprint density at radius 2 is 1.71 bits per heavy atom. The van der Waals surface area contributed by atoms with Gasteiger partial charge in [-0.1, -0.05) is 18.2 Å². The first kappa shape index (κ1) is 16.0. The summed E-state index contributed by atoms with van der Waals surface area (Å²) in [5.74, 6) is -0.836. The third-order valence-corrected chi connectivity index (χ3v) is 3.91. The van der Waals surface area contributed by atoms with Crippen molar-refractivity contribution < 1.29 is 14.3 Å². The average molecular weight is 325 g/mol. The highest BCUT2D eigenvalue weighted by atomic mass is 16.5. The molecule has 1 aliphatic heterocycles. The fourth-order valence-corrected chi connectivity index (χ4v) is 2.67. The van der Waals surface area contributed by atoms with Gasteiger partial charge in [0.05, 0.1) is 24.6 Å². The Balaban J connectivity index is 1.82. The number of hydrogen-bond donors (Lipinski definition) is 2. The average Bonchev–Trinajstić information content (AvgIpc) is 2.63. The van der Waals surface area contributed by atoms with Crippen LogP contribution in [0.15, 0.2) is 48.5 Å². The number of hydrogen-bond acceptors (Lipinski definition) is 4. The van der Waals surface area contributed by atoms with E-state index >= 15 is 0 Å². The van der Waals surface area contributed by atoms with Gasteiger partial charge in [0, 0.05) is 24.2 Å². The van der Waals surface area contributed by atoms with E-state index in [0.29, 0.717) is 24.3 Å². The Labute approximate surface area is 140 Å². The Kier molecular flexibility index (Phi) is 4.77. The number of para-hydroxylation sites is 2. The Morgan fingerprint density at radius 3 is 2.46 bits per heavy atom. The number of rotatable bonds is 4. The number of carbonyl (C=O) groups is 2. The first-order valence-corrected chi connectivity index (χ1v) is 7.78. The van der Waals surface area contributed by atoms with Gasteiger partial charge in [-0.05, 0) is 30.3 Å². The Morgan fingerprint density at radius 1 is 1.00 bits per heavy atom. The molecule has 0 unspecified atom stereocenters. The van der Waals surface area contributed by atoms with E-state index in [1.807, 2.05) is 24.3 Å². The molecule has 1 fully saturated rings. The molecule has 2 aromatic carbocycles. The number of primary amides is 1. The lowest BCUT2D eigenvalue weighted by molar-refractivity contribution is 0.1000. The predicted molar refractivity (Wildman–Crippen MR) is 92.4 cm³/mol. The van der Waals surface area contributed by atoms with Crippen LogP contribution in [0.1, 0.15) is 20.7 Å². The highest BCUT2D eigenvalue weighted by molar-refractivity contribution is 6.07. The molecule has 0 aromatic heterocycles. The molecule has 1 heterocycles. The summed E-state index contributed by atoms with van der Waals surface area (Å²) in [5, 5.41) is 2.92. The second-order valence-electron chi connectivity index (χ2n) is 5.52. The van der Waals surface area contributed by atoms with Gasteiger partial charge in [0.1, 0.15) is 0 Å².